The topological polar surface area (TPSA) is 150 Å². The highest BCUT2D eigenvalue weighted by Crippen LogP contribution is 2.41. The van der Waals surface area contributed by atoms with E-state index in [2.05, 4.69) is 20.0 Å². The molecule has 190 valence electrons. The van der Waals surface area contributed by atoms with Crippen molar-refractivity contribution in [3.63, 3.8) is 0 Å². The lowest BCUT2D eigenvalue weighted by Crippen LogP contribution is -2.66. The van der Waals surface area contributed by atoms with Crippen LogP contribution in [0.3, 0.4) is 0 Å². The summed E-state index contributed by atoms with van der Waals surface area (Å²) < 4.78 is 19.9. The Bertz CT molecular complexity index is 1070. The van der Waals surface area contributed by atoms with Crippen LogP contribution in [0.4, 0.5) is 0 Å². The zero-order valence-electron chi connectivity index (χ0n) is 19.3. The summed E-state index contributed by atoms with van der Waals surface area (Å²) in [7, 11) is 1.14. The summed E-state index contributed by atoms with van der Waals surface area (Å²) >= 11 is 11.9. The first kappa shape index (κ1) is 26.8. The van der Waals surface area contributed by atoms with Gasteiger partial charge in [0.2, 0.25) is 11.5 Å². The molecule has 1 aromatic carbocycles. The number of carbonyl (C=O) groups is 5. The van der Waals surface area contributed by atoms with Gasteiger partial charge in [-0.1, -0.05) is 43.5 Å². The van der Waals surface area contributed by atoms with Crippen LogP contribution < -0.4 is 10.6 Å². The van der Waals surface area contributed by atoms with Gasteiger partial charge in [-0.15, -0.1) is 0 Å². The van der Waals surface area contributed by atoms with E-state index in [0.717, 1.165) is 7.11 Å². The van der Waals surface area contributed by atoms with Gasteiger partial charge in [0, 0.05) is 15.8 Å². The smallest absolute Gasteiger partial charge is 0.594 e. The van der Waals surface area contributed by atoms with E-state index in [9.17, 15) is 24.0 Å². The van der Waals surface area contributed by atoms with Crippen LogP contribution in [-0.2, 0) is 33.2 Å². The van der Waals surface area contributed by atoms with Crippen molar-refractivity contribution in [1.82, 2.24) is 10.6 Å². The van der Waals surface area contributed by atoms with Gasteiger partial charge >= 0.3 is 18.7 Å². The van der Waals surface area contributed by atoms with Gasteiger partial charge < -0.3 is 29.3 Å². The second-order valence-corrected chi connectivity index (χ2v) is 9.65. The molecule has 3 atom stereocenters. The van der Waals surface area contributed by atoms with E-state index in [-0.39, 0.29) is 22.9 Å². The molecule has 0 saturated carbocycles. The van der Waals surface area contributed by atoms with Gasteiger partial charge in [0.05, 0.1) is 37.1 Å². The highest BCUT2D eigenvalue weighted by molar-refractivity contribution is 6.67. The Hall–Kier alpha value is -2.83. The molecule has 1 aromatic rings. The molecule has 14 heteroatoms. The minimum Gasteiger partial charge on any atom is -0.715 e. The van der Waals surface area contributed by atoms with E-state index in [0.29, 0.717) is 5.02 Å². The van der Waals surface area contributed by atoms with E-state index in [1.165, 1.54) is 18.2 Å². The molecule has 2 bridgehead atoms. The Morgan fingerprint density at radius 1 is 1.26 bits per heavy atom. The van der Waals surface area contributed by atoms with E-state index in [1.54, 1.807) is 0 Å². The monoisotopic (exact) mass is 530 g/mol. The van der Waals surface area contributed by atoms with Gasteiger partial charge in [0.25, 0.3) is 11.9 Å². The molecular formula is C21H25BCl2N2O9. The molecule has 0 spiro atoms. The maximum atomic E-state index is 12.8. The number of hydrogen-bond donors (Lipinski definition) is 2. The molecule has 35 heavy (non-hydrogen) atoms. The second kappa shape index (κ2) is 10.4. The number of carboxylic acids is 1. The van der Waals surface area contributed by atoms with Crippen molar-refractivity contribution >= 4 is 59.7 Å². The predicted octanol–water partition coefficient (Wildman–Crippen LogP) is 1.07. The first-order chi connectivity index (χ1) is 16.4. The van der Waals surface area contributed by atoms with Crippen molar-refractivity contribution in [3.05, 3.63) is 33.8 Å². The fourth-order valence-electron chi connectivity index (χ4n) is 4.08. The fourth-order valence-corrected chi connectivity index (χ4v) is 4.46. The summed E-state index contributed by atoms with van der Waals surface area (Å²) in [6, 6.07) is 4.33. The van der Waals surface area contributed by atoms with Gasteiger partial charge in [0.1, 0.15) is 0 Å². The van der Waals surface area contributed by atoms with Crippen LogP contribution >= 0.6 is 23.2 Å². The number of fused-ring (bicyclic) bond motifs is 2. The van der Waals surface area contributed by atoms with Gasteiger partial charge in [-0.3, -0.25) is 19.2 Å². The summed E-state index contributed by atoms with van der Waals surface area (Å²) in [5.74, 6) is -4.74. The van der Waals surface area contributed by atoms with E-state index in [1.807, 2.05) is 13.8 Å². The highest BCUT2D eigenvalue weighted by Gasteiger charge is 2.70. The predicted molar refractivity (Wildman–Crippen MR) is 124 cm³/mol. The van der Waals surface area contributed by atoms with Crippen molar-refractivity contribution in [2.75, 3.05) is 13.7 Å². The molecule has 2 aliphatic rings. The van der Waals surface area contributed by atoms with Gasteiger partial charge in [-0.2, -0.15) is 0 Å². The Labute approximate surface area is 211 Å². The zero-order valence-corrected chi connectivity index (χ0v) is 20.8. The summed E-state index contributed by atoms with van der Waals surface area (Å²) in [6.45, 7) is 0.238. The minimum atomic E-state index is -2.99. The Balaban J connectivity index is 1.76. The lowest BCUT2D eigenvalue weighted by Gasteiger charge is -2.43. The molecule has 11 nitrogen and oxygen atoms in total. The molecule has 0 aliphatic carbocycles. The van der Waals surface area contributed by atoms with Gasteiger partial charge in [-0.25, -0.2) is 0 Å². The van der Waals surface area contributed by atoms with Crippen molar-refractivity contribution in [2.45, 2.75) is 44.7 Å². The highest BCUT2D eigenvalue weighted by atomic mass is 35.5. The quantitative estimate of drug-likeness (QED) is 0.273. The number of esters is 1. The number of halogens is 2. The second-order valence-electron chi connectivity index (χ2n) is 8.80. The number of carbonyl (C=O) groups excluding carboxylic acids is 4. The first-order valence-corrected chi connectivity index (χ1v) is 11.6. The third kappa shape index (κ3) is 5.88. The molecular weight excluding hydrogens is 506 g/mol. The van der Waals surface area contributed by atoms with Crippen LogP contribution in [0.25, 0.3) is 0 Å². The average Bonchev–Trinajstić information content (AvgIpc) is 2.98. The molecule has 2 aliphatic heterocycles. The van der Waals surface area contributed by atoms with Crippen LogP contribution in [0.1, 0.15) is 43.5 Å². The van der Waals surface area contributed by atoms with E-state index in [4.69, 9.17) is 32.5 Å². The maximum Gasteiger partial charge on any atom is 0.594 e. The molecule has 0 aromatic heterocycles. The van der Waals surface area contributed by atoms with Crippen molar-refractivity contribution in [2.24, 2.45) is 5.92 Å². The van der Waals surface area contributed by atoms with Crippen LogP contribution in [0, 0.1) is 5.92 Å². The van der Waals surface area contributed by atoms with Crippen LogP contribution in [0.15, 0.2) is 18.2 Å². The number of rotatable bonds is 9. The molecule has 1 unspecified atom stereocenters. The SMILES string of the molecule is COC(=O)C[C@@]12CC(=O)O[B-]([C@H](CC(C)C)NC(=O)CNC(=O)c3cc(Cl)ccc3Cl)(O1)[OH+]C2=O. The largest absolute Gasteiger partial charge is 0.715 e. The lowest BCUT2D eigenvalue weighted by atomic mass is 9.64. The third-order valence-corrected chi connectivity index (χ3v) is 6.20. The standard InChI is InChI=1S/C21H25BCl2N2O9/c1-11(2)6-15(26-16(27)10-25-19(30)13-7-12(23)4-5-14(13)24)22-33-18(29)9-21(35-22,20(31)34-22)8-17(28)32-3/h4-5,7,11,15,34H,6,8-10H2,1-3H3,(H,25,30)(H,26,27)/t15-,21-,22?/m0/s1. The number of ether oxygens (including phenoxy) is 1. The normalized spacial score (nSPS) is 23.8. The third-order valence-electron chi connectivity index (χ3n) is 5.63. The zero-order chi connectivity index (χ0) is 26.0. The molecule has 3 rings (SSSR count). The number of hydrogen-bond acceptors (Lipinski definition) is 8. The van der Waals surface area contributed by atoms with Gasteiger partial charge in [0.15, 0.2) is 0 Å². The van der Waals surface area contributed by atoms with Crippen LogP contribution in [-0.4, -0.2) is 66.3 Å². The maximum absolute atomic E-state index is 12.8. The summed E-state index contributed by atoms with van der Waals surface area (Å²) in [6.07, 6.45) is -0.811. The number of amides is 2. The number of methoxy groups -OCH3 is 1. The van der Waals surface area contributed by atoms with Crippen LogP contribution in [0.5, 0.6) is 0 Å². The fraction of sp³-hybridized carbons (Fsp3) is 0.476. The first-order valence-electron chi connectivity index (χ1n) is 10.8. The van der Waals surface area contributed by atoms with E-state index >= 15 is 0 Å². The average molecular weight is 531 g/mol. The van der Waals surface area contributed by atoms with Crippen molar-refractivity contribution in [1.29, 1.82) is 0 Å². The lowest BCUT2D eigenvalue weighted by molar-refractivity contribution is -0.163. The van der Waals surface area contributed by atoms with E-state index < -0.39 is 67.4 Å². The van der Waals surface area contributed by atoms with Gasteiger partial charge in [-0.05, 0) is 24.1 Å². The molecule has 2 fully saturated rings. The summed E-state index contributed by atoms with van der Waals surface area (Å²) in [5.41, 5.74) is -1.76. The molecule has 2 heterocycles. The molecule has 2 amide bonds. The molecule has 2 saturated heterocycles. The number of aliphatic carboxylic acids is 1. The molecule has 0 radical (unpaired) electrons. The summed E-state index contributed by atoms with van der Waals surface area (Å²) in [5, 5.41) is 5.53. The Morgan fingerprint density at radius 2 is 1.97 bits per heavy atom. The van der Waals surface area contributed by atoms with Crippen LogP contribution in [0.2, 0.25) is 10.0 Å². The summed E-state index contributed by atoms with van der Waals surface area (Å²) in [4.78, 5) is 62.3. The number of nitrogens with one attached hydrogen (secondary N) is 2. The number of benzene rings is 1. The molecule has 3 N–H and O–H groups in total. The Morgan fingerprint density at radius 3 is 2.63 bits per heavy atom. The van der Waals surface area contributed by atoms with Crippen molar-refractivity contribution < 1.29 is 42.7 Å². The van der Waals surface area contributed by atoms with Crippen molar-refractivity contribution in [3.8, 4) is 0 Å². The minimum absolute atomic E-state index is 0.0402. The Kier molecular flexibility index (Phi) is 7.98.